The zero-order chi connectivity index (χ0) is 11.1. The van der Waals surface area contributed by atoms with Gasteiger partial charge in [-0.15, -0.1) is 0 Å². The molecule has 2 aromatic heterocycles. The summed E-state index contributed by atoms with van der Waals surface area (Å²) in [6.45, 7) is 0. The van der Waals surface area contributed by atoms with E-state index in [0.717, 1.165) is 24.6 Å². The van der Waals surface area contributed by atoms with Crippen LogP contribution in [0.5, 0.6) is 0 Å². The molecule has 0 unspecified atom stereocenters. The summed E-state index contributed by atoms with van der Waals surface area (Å²) in [5.41, 5.74) is 1.20. The lowest BCUT2D eigenvalue weighted by Gasteiger charge is -1.99. The fourth-order valence-electron chi connectivity index (χ4n) is 1.65. The number of rotatable bonds is 2. The van der Waals surface area contributed by atoms with E-state index in [4.69, 9.17) is 11.6 Å². The Hall–Kier alpha value is -1.42. The molecule has 3 nitrogen and oxygen atoms in total. The van der Waals surface area contributed by atoms with Crippen molar-refractivity contribution in [2.75, 3.05) is 0 Å². The molecule has 0 radical (unpaired) electrons. The van der Waals surface area contributed by atoms with Crippen LogP contribution >= 0.6 is 11.6 Å². The van der Waals surface area contributed by atoms with Gasteiger partial charge in [0.25, 0.3) is 0 Å². The Kier molecular flexibility index (Phi) is 2.17. The molecule has 82 valence electrons. The van der Waals surface area contributed by atoms with E-state index in [-0.39, 0.29) is 11.0 Å². The predicted octanol–water partition coefficient (Wildman–Crippen LogP) is 3.07. The largest absolute Gasteiger partial charge is 0.269 e. The summed E-state index contributed by atoms with van der Waals surface area (Å²) in [7, 11) is 0. The maximum atomic E-state index is 13.5. The summed E-state index contributed by atoms with van der Waals surface area (Å²) < 4.78 is 15.4. The molecule has 1 fully saturated rings. The monoisotopic (exact) mass is 237 g/mol. The molecule has 1 aliphatic carbocycles. The third-order valence-corrected chi connectivity index (χ3v) is 2.86. The molecule has 16 heavy (non-hydrogen) atoms. The van der Waals surface area contributed by atoms with Crippen LogP contribution in [0.1, 0.15) is 18.9 Å². The minimum Gasteiger partial charge on any atom is -0.269 e. The zero-order valence-electron chi connectivity index (χ0n) is 8.40. The van der Waals surface area contributed by atoms with E-state index >= 15 is 0 Å². The molecule has 0 spiro atoms. The van der Waals surface area contributed by atoms with Crippen molar-refractivity contribution in [2.45, 2.75) is 18.9 Å². The van der Waals surface area contributed by atoms with Gasteiger partial charge in [0.2, 0.25) is 0 Å². The molecule has 0 amide bonds. The van der Waals surface area contributed by atoms with Crippen LogP contribution in [0.25, 0.3) is 11.1 Å². The molecule has 0 N–H and O–H groups in total. The molecular weight excluding hydrogens is 229 g/mol. The van der Waals surface area contributed by atoms with Crippen molar-refractivity contribution < 1.29 is 4.39 Å². The van der Waals surface area contributed by atoms with Gasteiger partial charge in [0, 0.05) is 17.3 Å². The number of hydrogen-bond donors (Lipinski definition) is 0. The van der Waals surface area contributed by atoms with Gasteiger partial charge < -0.3 is 0 Å². The Labute approximate surface area is 96.9 Å². The Morgan fingerprint density at radius 1 is 1.38 bits per heavy atom. The Balaban J connectivity index is 2.03. The van der Waals surface area contributed by atoms with Gasteiger partial charge in [-0.25, -0.2) is 9.37 Å². The van der Waals surface area contributed by atoms with Crippen LogP contribution in [0.3, 0.4) is 0 Å². The number of nitrogens with zero attached hydrogens (tertiary/aromatic N) is 3. The van der Waals surface area contributed by atoms with E-state index in [2.05, 4.69) is 10.1 Å². The molecule has 0 bridgehead atoms. The van der Waals surface area contributed by atoms with E-state index in [1.165, 1.54) is 6.07 Å². The summed E-state index contributed by atoms with van der Waals surface area (Å²) in [5.74, 6) is -0.375. The molecule has 1 aliphatic rings. The maximum absolute atomic E-state index is 13.5. The van der Waals surface area contributed by atoms with E-state index in [9.17, 15) is 4.39 Å². The minimum atomic E-state index is -0.375. The van der Waals surface area contributed by atoms with Gasteiger partial charge in [-0.05, 0) is 18.9 Å². The van der Waals surface area contributed by atoms with Crippen LogP contribution in [0.15, 0.2) is 24.7 Å². The summed E-state index contributed by atoms with van der Waals surface area (Å²) in [6, 6.07) is 2.01. The SMILES string of the molecule is Fc1cnc(Cl)cc1-c1cnn(C2CC2)c1. The third kappa shape index (κ3) is 1.69. The lowest BCUT2D eigenvalue weighted by Crippen LogP contribution is -1.92. The summed E-state index contributed by atoms with van der Waals surface area (Å²) in [4.78, 5) is 3.68. The first-order valence-corrected chi connectivity index (χ1v) is 5.47. The van der Waals surface area contributed by atoms with Gasteiger partial charge in [-0.2, -0.15) is 5.10 Å². The first-order chi connectivity index (χ1) is 7.74. The molecule has 0 saturated heterocycles. The molecule has 0 atom stereocenters. The van der Waals surface area contributed by atoms with Gasteiger partial charge in [-0.3, -0.25) is 4.68 Å². The van der Waals surface area contributed by atoms with E-state index in [1.807, 2.05) is 10.9 Å². The molecule has 5 heteroatoms. The van der Waals surface area contributed by atoms with Crippen molar-refractivity contribution in [3.05, 3.63) is 35.6 Å². The second-order valence-electron chi connectivity index (χ2n) is 3.93. The van der Waals surface area contributed by atoms with E-state index in [1.54, 1.807) is 6.20 Å². The average Bonchev–Trinajstić information content (AvgIpc) is 3.01. The van der Waals surface area contributed by atoms with Gasteiger partial charge in [-0.1, -0.05) is 11.6 Å². The zero-order valence-corrected chi connectivity index (χ0v) is 9.15. The summed E-state index contributed by atoms with van der Waals surface area (Å²) >= 11 is 5.74. The normalized spacial score (nSPS) is 15.4. The van der Waals surface area contributed by atoms with E-state index in [0.29, 0.717) is 11.6 Å². The van der Waals surface area contributed by atoms with Crippen LogP contribution < -0.4 is 0 Å². The van der Waals surface area contributed by atoms with Crippen LogP contribution in [0.4, 0.5) is 4.39 Å². The van der Waals surface area contributed by atoms with Gasteiger partial charge in [0.1, 0.15) is 11.0 Å². The van der Waals surface area contributed by atoms with Crippen LogP contribution in [0.2, 0.25) is 5.15 Å². The quantitative estimate of drug-likeness (QED) is 0.752. The summed E-state index contributed by atoms with van der Waals surface area (Å²) in [5, 5.41) is 4.50. The molecule has 3 rings (SSSR count). The number of halogens is 2. The van der Waals surface area contributed by atoms with Crippen LogP contribution in [-0.2, 0) is 0 Å². The lowest BCUT2D eigenvalue weighted by molar-refractivity contribution is 0.624. The summed E-state index contributed by atoms with van der Waals surface area (Å²) in [6.07, 6.45) is 6.95. The van der Waals surface area contributed by atoms with Crippen molar-refractivity contribution in [1.29, 1.82) is 0 Å². The highest BCUT2D eigenvalue weighted by molar-refractivity contribution is 6.29. The fraction of sp³-hybridized carbons (Fsp3) is 0.273. The third-order valence-electron chi connectivity index (χ3n) is 2.66. The number of aromatic nitrogens is 3. The fourth-order valence-corrected chi connectivity index (χ4v) is 1.81. The smallest absolute Gasteiger partial charge is 0.149 e. The van der Waals surface area contributed by atoms with Gasteiger partial charge >= 0.3 is 0 Å². The van der Waals surface area contributed by atoms with Crippen molar-refractivity contribution in [3.8, 4) is 11.1 Å². The molecule has 2 heterocycles. The standard InChI is InChI=1S/C11H9ClFN3/c12-11-3-9(10(13)5-14-11)7-4-15-16(6-7)8-1-2-8/h3-6,8H,1-2H2. The topological polar surface area (TPSA) is 30.7 Å². The van der Waals surface area contributed by atoms with Crippen LogP contribution in [0, 0.1) is 5.82 Å². The second kappa shape index (κ2) is 3.56. The number of hydrogen-bond acceptors (Lipinski definition) is 2. The first kappa shape index (κ1) is 9.78. The molecule has 0 aromatic carbocycles. The lowest BCUT2D eigenvalue weighted by atomic mass is 10.1. The van der Waals surface area contributed by atoms with Gasteiger partial charge in [0.05, 0.1) is 18.4 Å². The Morgan fingerprint density at radius 3 is 2.94 bits per heavy atom. The first-order valence-electron chi connectivity index (χ1n) is 5.09. The van der Waals surface area contributed by atoms with E-state index < -0.39 is 0 Å². The molecule has 0 aliphatic heterocycles. The molecule has 2 aromatic rings. The van der Waals surface area contributed by atoms with Gasteiger partial charge in [0.15, 0.2) is 0 Å². The Morgan fingerprint density at radius 2 is 2.19 bits per heavy atom. The van der Waals surface area contributed by atoms with Crippen molar-refractivity contribution in [1.82, 2.24) is 14.8 Å². The van der Waals surface area contributed by atoms with Crippen molar-refractivity contribution >= 4 is 11.6 Å². The molecular formula is C11H9ClFN3. The highest BCUT2D eigenvalue weighted by Crippen LogP contribution is 2.35. The van der Waals surface area contributed by atoms with Crippen molar-refractivity contribution in [2.24, 2.45) is 0 Å². The predicted molar refractivity (Wildman–Crippen MR) is 58.7 cm³/mol. The molecule has 1 saturated carbocycles. The second-order valence-corrected chi connectivity index (χ2v) is 4.31. The van der Waals surface area contributed by atoms with Crippen molar-refractivity contribution in [3.63, 3.8) is 0 Å². The Bertz CT molecular complexity index is 534. The number of pyridine rings is 1. The highest BCUT2D eigenvalue weighted by Gasteiger charge is 2.24. The highest BCUT2D eigenvalue weighted by atomic mass is 35.5. The average molecular weight is 238 g/mol. The maximum Gasteiger partial charge on any atom is 0.149 e. The van der Waals surface area contributed by atoms with Crippen LogP contribution in [-0.4, -0.2) is 14.8 Å². The minimum absolute atomic E-state index is 0.288.